The Bertz CT molecular complexity index is 87.2. The lowest BCUT2D eigenvalue weighted by atomic mass is 10.6. The average Bonchev–Trinajstić information content (AvgIpc) is 2.06. The summed E-state index contributed by atoms with van der Waals surface area (Å²) in [5.41, 5.74) is 0. The molecule has 0 saturated heterocycles. The van der Waals surface area contributed by atoms with Crippen LogP contribution < -0.4 is 24.0 Å². The molecule has 0 amide bonds. The SMILES string of the molecule is CCC[P+](CC)(CCC)CCC.[I-]. The molecular formula is C11H26IP. The van der Waals surface area contributed by atoms with Crippen molar-refractivity contribution >= 4 is 7.26 Å². The third kappa shape index (κ3) is 6.28. The molecule has 0 aromatic carbocycles. The fourth-order valence-electron chi connectivity index (χ4n) is 2.23. The van der Waals surface area contributed by atoms with Crippen molar-refractivity contribution in [2.75, 3.05) is 24.6 Å². The highest BCUT2D eigenvalue weighted by molar-refractivity contribution is 7.75. The molecule has 0 spiro atoms. The van der Waals surface area contributed by atoms with Crippen LogP contribution in [-0.4, -0.2) is 24.6 Å². The van der Waals surface area contributed by atoms with Gasteiger partial charge in [0.25, 0.3) is 0 Å². The molecule has 0 aromatic heterocycles. The number of rotatable bonds is 7. The van der Waals surface area contributed by atoms with E-state index in [2.05, 4.69) is 27.7 Å². The Morgan fingerprint density at radius 2 is 1.00 bits per heavy atom. The summed E-state index contributed by atoms with van der Waals surface area (Å²) in [6, 6.07) is 0. The van der Waals surface area contributed by atoms with Crippen LogP contribution in [0.1, 0.15) is 47.0 Å². The topological polar surface area (TPSA) is 0 Å². The van der Waals surface area contributed by atoms with E-state index in [0.717, 1.165) is 0 Å². The van der Waals surface area contributed by atoms with Crippen LogP contribution in [0.3, 0.4) is 0 Å². The maximum absolute atomic E-state index is 2.41. The van der Waals surface area contributed by atoms with Crippen LogP contribution in [0.5, 0.6) is 0 Å². The smallest absolute Gasteiger partial charge is 0.0591 e. The maximum Gasteiger partial charge on any atom is 0.0591 e. The second-order valence-electron chi connectivity index (χ2n) is 3.83. The first-order chi connectivity index (χ1) is 5.74. The third-order valence-corrected chi connectivity index (χ3v) is 8.29. The van der Waals surface area contributed by atoms with E-state index >= 15 is 0 Å². The van der Waals surface area contributed by atoms with Crippen LogP contribution in [0.4, 0.5) is 0 Å². The largest absolute Gasteiger partial charge is 1.00 e. The molecule has 0 aliphatic carbocycles. The summed E-state index contributed by atoms with van der Waals surface area (Å²) >= 11 is 0. The lowest BCUT2D eigenvalue weighted by molar-refractivity contribution is -0.00000294. The average molecular weight is 316 g/mol. The summed E-state index contributed by atoms with van der Waals surface area (Å²) in [7, 11) is -0.477. The highest BCUT2D eigenvalue weighted by Crippen LogP contribution is 2.59. The van der Waals surface area contributed by atoms with Crippen LogP contribution in [-0.2, 0) is 0 Å². The molecule has 0 N–H and O–H groups in total. The van der Waals surface area contributed by atoms with E-state index in [-0.39, 0.29) is 24.0 Å². The lowest BCUT2D eigenvalue weighted by Crippen LogP contribution is -3.00. The van der Waals surface area contributed by atoms with Crippen molar-refractivity contribution in [2.45, 2.75) is 47.0 Å². The van der Waals surface area contributed by atoms with Crippen molar-refractivity contribution in [1.82, 2.24) is 0 Å². The lowest BCUT2D eigenvalue weighted by Gasteiger charge is -2.25. The minimum atomic E-state index is -0.477. The van der Waals surface area contributed by atoms with Gasteiger partial charge >= 0.3 is 0 Å². The van der Waals surface area contributed by atoms with Crippen LogP contribution in [0.25, 0.3) is 0 Å². The van der Waals surface area contributed by atoms with Crippen LogP contribution in [0, 0.1) is 0 Å². The number of hydrogen-bond donors (Lipinski definition) is 0. The van der Waals surface area contributed by atoms with Gasteiger partial charge in [0.05, 0.1) is 24.6 Å². The van der Waals surface area contributed by atoms with Crippen molar-refractivity contribution in [2.24, 2.45) is 0 Å². The fraction of sp³-hybridized carbons (Fsp3) is 1.00. The number of hydrogen-bond acceptors (Lipinski definition) is 0. The highest BCUT2D eigenvalue weighted by Gasteiger charge is 2.31. The summed E-state index contributed by atoms with van der Waals surface area (Å²) in [6.45, 7) is 9.44. The molecule has 0 rings (SSSR count). The molecule has 0 heterocycles. The fourth-order valence-corrected chi connectivity index (χ4v) is 6.70. The van der Waals surface area contributed by atoms with Crippen molar-refractivity contribution in [3.63, 3.8) is 0 Å². The van der Waals surface area contributed by atoms with Crippen molar-refractivity contribution in [1.29, 1.82) is 0 Å². The molecule has 0 nitrogen and oxygen atoms in total. The predicted molar refractivity (Wildman–Crippen MR) is 62.9 cm³/mol. The van der Waals surface area contributed by atoms with E-state index < -0.39 is 7.26 Å². The van der Waals surface area contributed by atoms with Gasteiger partial charge in [0.1, 0.15) is 0 Å². The van der Waals surface area contributed by atoms with Gasteiger partial charge in [-0.1, -0.05) is 20.8 Å². The van der Waals surface area contributed by atoms with Crippen molar-refractivity contribution in [3.05, 3.63) is 0 Å². The van der Waals surface area contributed by atoms with Crippen LogP contribution in [0.2, 0.25) is 0 Å². The molecule has 2 heteroatoms. The van der Waals surface area contributed by atoms with E-state index in [1.54, 1.807) is 18.5 Å². The van der Waals surface area contributed by atoms with Gasteiger partial charge in [0.15, 0.2) is 0 Å². The Morgan fingerprint density at radius 3 is 1.15 bits per heavy atom. The molecule has 0 aromatic rings. The summed E-state index contributed by atoms with van der Waals surface area (Å²) < 4.78 is 0. The zero-order valence-corrected chi connectivity index (χ0v) is 12.8. The van der Waals surface area contributed by atoms with Gasteiger partial charge in [-0.3, -0.25) is 0 Å². The van der Waals surface area contributed by atoms with E-state index in [1.807, 2.05) is 0 Å². The standard InChI is InChI=1S/C11H26P.HI/c1-5-9-12(8-4,10-6-2)11-7-3;/h5-11H2,1-4H3;1H/q+1;/p-1. The van der Waals surface area contributed by atoms with Crippen molar-refractivity contribution in [3.8, 4) is 0 Å². The van der Waals surface area contributed by atoms with Gasteiger partial charge < -0.3 is 24.0 Å². The van der Waals surface area contributed by atoms with Gasteiger partial charge in [0, 0.05) is 7.26 Å². The minimum Gasteiger partial charge on any atom is -1.00 e. The van der Waals surface area contributed by atoms with Crippen LogP contribution in [0.15, 0.2) is 0 Å². The van der Waals surface area contributed by atoms with Gasteiger partial charge in [-0.2, -0.15) is 0 Å². The Hall–Kier alpha value is 1.16. The first kappa shape index (κ1) is 16.6. The monoisotopic (exact) mass is 316 g/mol. The molecule has 0 atom stereocenters. The third-order valence-electron chi connectivity index (χ3n) is 2.76. The van der Waals surface area contributed by atoms with E-state index in [4.69, 9.17) is 0 Å². The normalized spacial score (nSPS) is 11.1. The molecule has 0 bridgehead atoms. The highest BCUT2D eigenvalue weighted by atomic mass is 127. The van der Waals surface area contributed by atoms with Gasteiger partial charge in [-0.05, 0) is 26.2 Å². The Labute approximate surface area is 103 Å². The predicted octanol–water partition coefficient (Wildman–Crippen LogP) is 1.26. The van der Waals surface area contributed by atoms with E-state index in [0.29, 0.717) is 0 Å². The van der Waals surface area contributed by atoms with E-state index in [1.165, 1.54) is 25.4 Å². The zero-order valence-electron chi connectivity index (χ0n) is 9.77. The molecule has 0 aliphatic rings. The molecule has 0 fully saturated rings. The first-order valence-electron chi connectivity index (χ1n) is 5.59. The summed E-state index contributed by atoms with van der Waals surface area (Å²) in [5.74, 6) is 0. The number of halogens is 1. The molecular weight excluding hydrogens is 290 g/mol. The Morgan fingerprint density at radius 1 is 0.692 bits per heavy atom. The molecule has 0 radical (unpaired) electrons. The van der Waals surface area contributed by atoms with Crippen LogP contribution >= 0.6 is 7.26 Å². The maximum atomic E-state index is 2.41. The Kier molecular flexibility index (Phi) is 12.4. The van der Waals surface area contributed by atoms with Crippen molar-refractivity contribution < 1.29 is 24.0 Å². The second-order valence-corrected chi connectivity index (χ2v) is 8.49. The quantitative estimate of drug-likeness (QED) is 0.490. The molecule has 0 unspecified atom stereocenters. The zero-order chi connectivity index (χ0) is 9.45. The van der Waals surface area contributed by atoms with Gasteiger partial charge in [-0.15, -0.1) is 0 Å². The van der Waals surface area contributed by atoms with Gasteiger partial charge in [-0.25, -0.2) is 0 Å². The Balaban J connectivity index is 0. The first-order valence-corrected chi connectivity index (χ1v) is 8.12. The van der Waals surface area contributed by atoms with E-state index in [9.17, 15) is 0 Å². The molecule has 0 saturated carbocycles. The molecule has 82 valence electrons. The molecule has 13 heavy (non-hydrogen) atoms. The minimum absolute atomic E-state index is 0. The van der Waals surface area contributed by atoms with Gasteiger partial charge in [0.2, 0.25) is 0 Å². The summed E-state index contributed by atoms with van der Waals surface area (Å²) in [6.07, 6.45) is 10.3. The summed E-state index contributed by atoms with van der Waals surface area (Å²) in [4.78, 5) is 0. The molecule has 0 aliphatic heterocycles. The second kappa shape index (κ2) is 9.71. The summed E-state index contributed by atoms with van der Waals surface area (Å²) in [5, 5.41) is 0.